The zero-order valence-electron chi connectivity index (χ0n) is 11.7. The summed E-state index contributed by atoms with van der Waals surface area (Å²) in [5, 5.41) is 3.35. The second-order valence-corrected chi connectivity index (χ2v) is 5.34. The van der Waals surface area contributed by atoms with E-state index < -0.39 is 6.10 Å². The molecule has 1 fully saturated rings. The summed E-state index contributed by atoms with van der Waals surface area (Å²) < 4.78 is 5.74. The van der Waals surface area contributed by atoms with Crippen LogP contribution in [-0.2, 0) is 16.0 Å². The number of nitrogens with zero attached hydrogens (tertiary/aromatic N) is 1. The van der Waals surface area contributed by atoms with Crippen molar-refractivity contribution in [2.45, 2.75) is 25.5 Å². The highest BCUT2D eigenvalue weighted by Crippen LogP contribution is 2.28. The molecule has 2 heterocycles. The lowest BCUT2D eigenvalue weighted by molar-refractivity contribution is -0.146. The van der Waals surface area contributed by atoms with Gasteiger partial charge < -0.3 is 15.0 Å². The number of rotatable bonds is 1. The standard InChI is InChI=1S/C15H20N2O2.ClH/c1-11-10-17(8-7-16-11)15(18)14-13-5-3-2-4-12(13)6-9-19-14;/h2-5,11,14,16H,6-10H2,1H3;1H. The van der Waals surface area contributed by atoms with Gasteiger partial charge in [-0.2, -0.15) is 0 Å². The van der Waals surface area contributed by atoms with Crippen molar-refractivity contribution in [2.75, 3.05) is 26.2 Å². The maximum Gasteiger partial charge on any atom is 0.256 e. The quantitative estimate of drug-likeness (QED) is 0.855. The minimum absolute atomic E-state index is 0. The highest BCUT2D eigenvalue weighted by molar-refractivity contribution is 5.85. The maximum atomic E-state index is 12.6. The Labute approximate surface area is 125 Å². The normalized spacial score (nSPS) is 25.6. The van der Waals surface area contributed by atoms with Crippen LogP contribution in [0.3, 0.4) is 0 Å². The van der Waals surface area contributed by atoms with Gasteiger partial charge in [-0.25, -0.2) is 0 Å². The summed E-state index contributed by atoms with van der Waals surface area (Å²) >= 11 is 0. The number of carbonyl (C=O) groups is 1. The van der Waals surface area contributed by atoms with Crippen LogP contribution in [0.4, 0.5) is 0 Å². The van der Waals surface area contributed by atoms with E-state index in [4.69, 9.17) is 4.74 Å². The zero-order chi connectivity index (χ0) is 13.2. The average Bonchev–Trinajstić information content (AvgIpc) is 2.46. The number of halogens is 1. The molecule has 2 aliphatic rings. The van der Waals surface area contributed by atoms with Gasteiger partial charge in [0.25, 0.3) is 5.91 Å². The fourth-order valence-electron chi connectivity index (χ4n) is 2.90. The van der Waals surface area contributed by atoms with Crippen molar-refractivity contribution in [3.05, 3.63) is 35.4 Å². The molecule has 1 aromatic rings. The van der Waals surface area contributed by atoms with Gasteiger partial charge in [0.15, 0.2) is 6.10 Å². The summed E-state index contributed by atoms with van der Waals surface area (Å²) in [5.74, 6) is 0.112. The Kier molecular flexibility index (Phi) is 5.02. The third kappa shape index (κ3) is 2.97. The molecule has 2 aliphatic heterocycles. The number of fused-ring (bicyclic) bond motifs is 1. The molecule has 5 heteroatoms. The van der Waals surface area contributed by atoms with E-state index in [1.54, 1.807) is 0 Å². The molecule has 0 aliphatic carbocycles. The Hall–Kier alpha value is -1.10. The second kappa shape index (κ2) is 6.57. The maximum absolute atomic E-state index is 12.6. The summed E-state index contributed by atoms with van der Waals surface area (Å²) in [6.07, 6.45) is 0.494. The van der Waals surface area contributed by atoms with Crippen LogP contribution < -0.4 is 5.32 Å². The van der Waals surface area contributed by atoms with Crippen LogP contribution in [0.5, 0.6) is 0 Å². The van der Waals surface area contributed by atoms with Gasteiger partial charge in [0.1, 0.15) is 0 Å². The summed E-state index contributed by atoms with van der Waals surface area (Å²) in [6.45, 7) is 5.14. The van der Waals surface area contributed by atoms with Gasteiger partial charge in [-0.05, 0) is 24.5 Å². The van der Waals surface area contributed by atoms with Crippen molar-refractivity contribution < 1.29 is 9.53 Å². The van der Waals surface area contributed by atoms with Crippen molar-refractivity contribution >= 4 is 18.3 Å². The molecule has 20 heavy (non-hydrogen) atoms. The Morgan fingerprint density at radius 1 is 1.40 bits per heavy atom. The molecule has 0 bridgehead atoms. The Morgan fingerprint density at radius 3 is 3.00 bits per heavy atom. The third-order valence-corrected chi connectivity index (χ3v) is 3.90. The van der Waals surface area contributed by atoms with E-state index in [1.807, 2.05) is 23.1 Å². The van der Waals surface area contributed by atoms with Crippen LogP contribution >= 0.6 is 12.4 Å². The van der Waals surface area contributed by atoms with Gasteiger partial charge in [0.2, 0.25) is 0 Å². The molecule has 2 atom stereocenters. The topological polar surface area (TPSA) is 41.6 Å². The van der Waals surface area contributed by atoms with E-state index in [0.29, 0.717) is 12.6 Å². The first-order valence-corrected chi connectivity index (χ1v) is 6.97. The molecule has 1 N–H and O–H groups in total. The van der Waals surface area contributed by atoms with Crippen LogP contribution in [0.25, 0.3) is 0 Å². The monoisotopic (exact) mass is 296 g/mol. The second-order valence-electron chi connectivity index (χ2n) is 5.34. The van der Waals surface area contributed by atoms with Crippen LogP contribution in [0.1, 0.15) is 24.2 Å². The predicted molar refractivity (Wildman–Crippen MR) is 80.1 cm³/mol. The van der Waals surface area contributed by atoms with Crippen LogP contribution in [0.2, 0.25) is 0 Å². The lowest BCUT2D eigenvalue weighted by Gasteiger charge is -2.35. The van der Waals surface area contributed by atoms with Gasteiger partial charge in [-0.15, -0.1) is 12.4 Å². The van der Waals surface area contributed by atoms with E-state index in [-0.39, 0.29) is 18.3 Å². The van der Waals surface area contributed by atoms with Crippen LogP contribution in [0.15, 0.2) is 24.3 Å². The summed E-state index contributed by atoms with van der Waals surface area (Å²) in [7, 11) is 0. The smallest absolute Gasteiger partial charge is 0.256 e. The first-order chi connectivity index (χ1) is 9.25. The van der Waals surface area contributed by atoms with E-state index in [0.717, 1.165) is 31.6 Å². The van der Waals surface area contributed by atoms with Gasteiger partial charge in [-0.3, -0.25) is 4.79 Å². The van der Waals surface area contributed by atoms with Gasteiger partial charge in [0.05, 0.1) is 6.61 Å². The number of carbonyl (C=O) groups excluding carboxylic acids is 1. The largest absolute Gasteiger partial charge is 0.363 e. The van der Waals surface area contributed by atoms with Crippen LogP contribution in [-0.4, -0.2) is 43.1 Å². The van der Waals surface area contributed by atoms with E-state index in [9.17, 15) is 4.79 Å². The number of piperazine rings is 1. The molecule has 0 radical (unpaired) electrons. The first kappa shape index (κ1) is 15.3. The average molecular weight is 297 g/mol. The van der Waals surface area contributed by atoms with Gasteiger partial charge in [-0.1, -0.05) is 24.3 Å². The highest BCUT2D eigenvalue weighted by Gasteiger charge is 2.32. The Bertz CT molecular complexity index is 481. The number of hydrogen-bond acceptors (Lipinski definition) is 3. The fourth-order valence-corrected chi connectivity index (χ4v) is 2.90. The summed E-state index contributed by atoms with van der Waals surface area (Å²) in [5.41, 5.74) is 2.29. The highest BCUT2D eigenvalue weighted by atomic mass is 35.5. The number of amides is 1. The molecule has 1 saturated heterocycles. The molecule has 1 amide bonds. The molecule has 110 valence electrons. The van der Waals surface area contributed by atoms with E-state index >= 15 is 0 Å². The molecular weight excluding hydrogens is 276 g/mol. The van der Waals surface area contributed by atoms with Crippen molar-refractivity contribution in [3.63, 3.8) is 0 Å². The lowest BCUT2D eigenvalue weighted by Crippen LogP contribution is -2.53. The van der Waals surface area contributed by atoms with Gasteiger partial charge in [0, 0.05) is 25.7 Å². The van der Waals surface area contributed by atoms with Gasteiger partial charge >= 0.3 is 0 Å². The van der Waals surface area contributed by atoms with Crippen molar-refractivity contribution in [3.8, 4) is 0 Å². The number of nitrogens with one attached hydrogen (secondary N) is 1. The first-order valence-electron chi connectivity index (χ1n) is 6.97. The fraction of sp³-hybridized carbons (Fsp3) is 0.533. The molecule has 2 unspecified atom stereocenters. The summed E-state index contributed by atoms with van der Waals surface area (Å²) in [4.78, 5) is 14.6. The lowest BCUT2D eigenvalue weighted by atomic mass is 9.96. The molecule has 0 spiro atoms. The van der Waals surface area contributed by atoms with Crippen molar-refractivity contribution in [1.82, 2.24) is 10.2 Å². The van der Waals surface area contributed by atoms with Crippen LogP contribution in [0, 0.1) is 0 Å². The van der Waals surface area contributed by atoms with E-state index in [1.165, 1.54) is 5.56 Å². The Balaban J connectivity index is 0.00000147. The molecule has 4 nitrogen and oxygen atoms in total. The third-order valence-electron chi connectivity index (χ3n) is 3.90. The molecular formula is C15H21ClN2O2. The molecule has 3 rings (SSSR count). The molecule has 0 aromatic heterocycles. The molecule has 1 aromatic carbocycles. The van der Waals surface area contributed by atoms with Crippen molar-refractivity contribution in [2.24, 2.45) is 0 Å². The van der Waals surface area contributed by atoms with Crippen molar-refractivity contribution in [1.29, 1.82) is 0 Å². The SMILES string of the molecule is CC1CN(C(=O)C2OCCc3ccccc32)CCN1.Cl. The number of ether oxygens (including phenoxy) is 1. The van der Waals surface area contributed by atoms with E-state index in [2.05, 4.69) is 18.3 Å². The number of hydrogen-bond donors (Lipinski definition) is 1. The summed E-state index contributed by atoms with van der Waals surface area (Å²) in [6, 6.07) is 8.48. The zero-order valence-corrected chi connectivity index (χ0v) is 12.5. The minimum atomic E-state index is -0.407. The molecule has 0 saturated carbocycles. The predicted octanol–water partition coefficient (Wildman–Crippen LogP) is 1.54. The Morgan fingerprint density at radius 2 is 2.20 bits per heavy atom. The minimum Gasteiger partial charge on any atom is -0.363 e. The number of benzene rings is 1.